The molecule has 1 atom stereocenters. The van der Waals surface area contributed by atoms with Crippen LogP contribution in [-0.4, -0.2) is 42.5 Å². The van der Waals surface area contributed by atoms with Gasteiger partial charge in [-0.05, 0) is 20.8 Å². The molecule has 0 aliphatic heterocycles. The van der Waals surface area contributed by atoms with Gasteiger partial charge in [0.1, 0.15) is 0 Å². The lowest BCUT2D eigenvalue weighted by atomic mass is 9.94. The summed E-state index contributed by atoms with van der Waals surface area (Å²) in [7, 11) is 0. The maximum atomic E-state index is 11.8. The Kier molecular flexibility index (Phi) is 7.83. The van der Waals surface area contributed by atoms with E-state index in [1.165, 1.54) is 0 Å². The highest BCUT2D eigenvalue weighted by Gasteiger charge is 2.41. The highest BCUT2D eigenvalue weighted by molar-refractivity contribution is 5.85. The predicted octanol–water partition coefficient (Wildman–Crippen LogP) is 1.17. The van der Waals surface area contributed by atoms with E-state index in [1.54, 1.807) is 20.8 Å². The summed E-state index contributed by atoms with van der Waals surface area (Å²) in [4.78, 5) is 23.2. The fourth-order valence-electron chi connectivity index (χ4n) is 1.50. The third-order valence-corrected chi connectivity index (χ3v) is 2.24. The molecule has 0 amide bonds. The van der Waals surface area contributed by atoms with Crippen LogP contribution >= 0.6 is 0 Å². The molecule has 0 aromatic heterocycles. The van der Waals surface area contributed by atoms with Gasteiger partial charge in [0.2, 0.25) is 0 Å². The van der Waals surface area contributed by atoms with Crippen molar-refractivity contribution in [2.24, 2.45) is 0 Å². The normalized spacial score (nSPS) is 13.3. The largest absolute Gasteiger partial charge is 0.499 e. The Morgan fingerprint density at radius 2 is 1.53 bits per heavy atom. The Morgan fingerprint density at radius 3 is 2.00 bits per heavy atom. The molecule has 0 rings (SSSR count). The average molecular weight is 274 g/mol. The Hall–Kier alpha value is -1.56. The molecule has 0 fully saturated rings. The van der Waals surface area contributed by atoms with Gasteiger partial charge < -0.3 is 19.3 Å². The minimum Gasteiger partial charge on any atom is -0.499 e. The third kappa shape index (κ3) is 6.24. The first kappa shape index (κ1) is 17.4. The molecular weight excluding hydrogens is 252 g/mol. The predicted molar refractivity (Wildman–Crippen MR) is 68.2 cm³/mol. The molecule has 110 valence electrons. The van der Waals surface area contributed by atoms with Crippen molar-refractivity contribution >= 4 is 11.9 Å². The van der Waals surface area contributed by atoms with Crippen LogP contribution in [0, 0.1) is 0 Å². The lowest BCUT2D eigenvalue weighted by Gasteiger charge is -2.25. The molecule has 0 aliphatic carbocycles. The van der Waals surface area contributed by atoms with Crippen LogP contribution in [0.2, 0.25) is 0 Å². The molecule has 6 heteroatoms. The first-order valence-electron chi connectivity index (χ1n) is 6.25. The van der Waals surface area contributed by atoms with E-state index in [9.17, 15) is 14.7 Å². The molecule has 0 spiro atoms. The van der Waals surface area contributed by atoms with Crippen molar-refractivity contribution in [2.75, 3.05) is 19.8 Å². The molecule has 0 aromatic rings. The highest BCUT2D eigenvalue weighted by Crippen LogP contribution is 2.23. The van der Waals surface area contributed by atoms with Crippen molar-refractivity contribution in [1.82, 2.24) is 0 Å². The zero-order valence-corrected chi connectivity index (χ0v) is 11.7. The zero-order valence-electron chi connectivity index (χ0n) is 11.7. The van der Waals surface area contributed by atoms with Crippen molar-refractivity contribution in [2.45, 2.75) is 39.2 Å². The maximum absolute atomic E-state index is 11.8. The van der Waals surface area contributed by atoms with Gasteiger partial charge in [-0.25, -0.2) is 4.79 Å². The number of carbonyl (C=O) groups excluding carboxylic acids is 2. The van der Waals surface area contributed by atoms with E-state index < -0.39 is 24.0 Å². The van der Waals surface area contributed by atoms with E-state index in [0.29, 0.717) is 6.61 Å². The summed E-state index contributed by atoms with van der Waals surface area (Å²) in [6.45, 7) is 9.21. The maximum Gasteiger partial charge on any atom is 0.339 e. The van der Waals surface area contributed by atoms with Gasteiger partial charge in [0.15, 0.2) is 5.60 Å². The lowest BCUT2D eigenvalue weighted by Crippen LogP contribution is -2.43. The topological polar surface area (TPSA) is 82.1 Å². The molecule has 19 heavy (non-hydrogen) atoms. The van der Waals surface area contributed by atoms with E-state index >= 15 is 0 Å². The molecular formula is C13H22O6. The summed E-state index contributed by atoms with van der Waals surface area (Å²) in [5.41, 5.74) is -2.01. The van der Waals surface area contributed by atoms with Gasteiger partial charge in [0.25, 0.3) is 0 Å². The summed E-state index contributed by atoms with van der Waals surface area (Å²) in [5.74, 6) is -1.35. The van der Waals surface area contributed by atoms with Crippen molar-refractivity contribution in [1.29, 1.82) is 0 Å². The molecule has 1 unspecified atom stereocenters. The number of hydrogen-bond acceptors (Lipinski definition) is 6. The number of rotatable bonds is 9. The van der Waals surface area contributed by atoms with Gasteiger partial charge in [-0.2, -0.15) is 0 Å². The number of aliphatic hydroxyl groups is 1. The fourth-order valence-corrected chi connectivity index (χ4v) is 1.50. The van der Waals surface area contributed by atoms with E-state index in [4.69, 9.17) is 14.2 Å². The van der Waals surface area contributed by atoms with E-state index in [-0.39, 0.29) is 25.4 Å². The Balaban J connectivity index is 4.85. The summed E-state index contributed by atoms with van der Waals surface area (Å²) in [6, 6.07) is 0. The van der Waals surface area contributed by atoms with Crippen molar-refractivity contribution < 1.29 is 28.9 Å². The molecule has 0 saturated carbocycles. The first-order valence-corrected chi connectivity index (χ1v) is 6.25. The van der Waals surface area contributed by atoms with Gasteiger partial charge in [0, 0.05) is 6.42 Å². The molecule has 1 N–H and O–H groups in total. The first-order chi connectivity index (χ1) is 8.89. The number of esters is 2. The second kappa shape index (κ2) is 8.53. The van der Waals surface area contributed by atoms with Crippen molar-refractivity contribution in [3.8, 4) is 0 Å². The highest BCUT2D eigenvalue weighted by atomic mass is 16.6. The average Bonchev–Trinajstić information content (AvgIpc) is 2.29. The summed E-state index contributed by atoms with van der Waals surface area (Å²) >= 11 is 0. The summed E-state index contributed by atoms with van der Waals surface area (Å²) < 4.78 is 14.6. The van der Waals surface area contributed by atoms with Crippen LogP contribution in [0.1, 0.15) is 33.6 Å². The van der Waals surface area contributed by atoms with E-state index in [0.717, 1.165) is 0 Å². The Bertz CT molecular complexity index is 303. The van der Waals surface area contributed by atoms with E-state index in [1.807, 2.05) is 0 Å². The van der Waals surface area contributed by atoms with Crippen molar-refractivity contribution in [3.63, 3.8) is 0 Å². The van der Waals surface area contributed by atoms with Gasteiger partial charge in [-0.1, -0.05) is 6.58 Å². The summed E-state index contributed by atoms with van der Waals surface area (Å²) in [6.07, 6.45) is -0.704. The molecule has 0 bridgehead atoms. The smallest absolute Gasteiger partial charge is 0.339 e. The van der Waals surface area contributed by atoms with Crippen LogP contribution in [0.5, 0.6) is 0 Å². The Labute approximate surface area is 113 Å². The standard InChI is InChI=1S/C13H22O6/c1-5-17-10(4)8-13(16,12(15)19-7-3)9-11(14)18-6-2/h16H,4-9H2,1-3H3. The van der Waals surface area contributed by atoms with Gasteiger partial charge in [0.05, 0.1) is 32.0 Å². The SMILES string of the molecule is C=C(CC(O)(CC(=O)OCC)C(=O)OCC)OCC. The second-order valence-corrected chi connectivity index (χ2v) is 3.88. The third-order valence-electron chi connectivity index (χ3n) is 2.24. The van der Waals surface area contributed by atoms with Gasteiger partial charge in [-0.15, -0.1) is 0 Å². The van der Waals surface area contributed by atoms with Gasteiger partial charge >= 0.3 is 11.9 Å². The molecule has 0 aromatic carbocycles. The summed E-state index contributed by atoms with van der Waals surface area (Å²) in [5, 5.41) is 10.3. The van der Waals surface area contributed by atoms with Crippen LogP contribution < -0.4 is 0 Å². The van der Waals surface area contributed by atoms with Crippen LogP contribution in [0.15, 0.2) is 12.3 Å². The quantitative estimate of drug-likeness (QED) is 0.502. The zero-order chi connectivity index (χ0) is 14.9. The fraction of sp³-hybridized carbons (Fsp3) is 0.692. The molecule has 6 nitrogen and oxygen atoms in total. The number of hydrogen-bond donors (Lipinski definition) is 1. The minimum atomic E-state index is -2.01. The van der Waals surface area contributed by atoms with Crippen LogP contribution in [0.4, 0.5) is 0 Å². The Morgan fingerprint density at radius 1 is 1.00 bits per heavy atom. The minimum absolute atomic E-state index is 0.102. The van der Waals surface area contributed by atoms with Crippen LogP contribution in [0.3, 0.4) is 0 Å². The monoisotopic (exact) mass is 274 g/mol. The second-order valence-electron chi connectivity index (χ2n) is 3.88. The van der Waals surface area contributed by atoms with E-state index in [2.05, 4.69) is 6.58 Å². The number of carbonyl (C=O) groups is 2. The van der Waals surface area contributed by atoms with Crippen molar-refractivity contribution in [3.05, 3.63) is 12.3 Å². The van der Waals surface area contributed by atoms with Crippen LogP contribution in [0.25, 0.3) is 0 Å². The molecule has 0 heterocycles. The number of ether oxygens (including phenoxy) is 3. The molecule has 0 aliphatic rings. The lowest BCUT2D eigenvalue weighted by molar-refractivity contribution is -0.172. The molecule has 0 saturated heterocycles. The molecule has 0 radical (unpaired) electrons. The van der Waals surface area contributed by atoms with Gasteiger partial charge in [-0.3, -0.25) is 4.79 Å². The van der Waals surface area contributed by atoms with Crippen LogP contribution in [-0.2, 0) is 23.8 Å².